The molecular weight excluding hydrogens is 314 g/mol. The Balaban J connectivity index is 1.41. The van der Waals surface area contributed by atoms with Gasteiger partial charge in [-0.3, -0.25) is 5.10 Å². The van der Waals surface area contributed by atoms with E-state index in [0.717, 1.165) is 36.8 Å². The molecular formula is C14H21N7OS. The lowest BCUT2D eigenvalue weighted by atomic mass is 9.98. The highest BCUT2D eigenvalue weighted by molar-refractivity contribution is 7.99. The van der Waals surface area contributed by atoms with Crippen molar-refractivity contribution in [2.24, 2.45) is 0 Å². The Labute approximate surface area is 138 Å². The number of aromatic amines is 2. The summed E-state index contributed by atoms with van der Waals surface area (Å²) in [7, 11) is 0. The maximum absolute atomic E-state index is 12.3. The minimum Gasteiger partial charge on any atom is -0.348 e. The number of hydrogen-bond donors (Lipinski definition) is 3. The minimum atomic E-state index is -0.00646. The third-order valence-electron chi connectivity index (χ3n) is 3.80. The van der Waals surface area contributed by atoms with Gasteiger partial charge in [-0.25, -0.2) is 14.8 Å². The third kappa shape index (κ3) is 4.25. The van der Waals surface area contributed by atoms with Crippen molar-refractivity contribution < 1.29 is 4.79 Å². The largest absolute Gasteiger partial charge is 0.348 e. The first-order valence-corrected chi connectivity index (χ1v) is 8.75. The number of H-pyrrole nitrogens is 2. The number of nitrogens with zero attached hydrogens (tertiary/aromatic N) is 4. The highest BCUT2D eigenvalue weighted by Gasteiger charge is 2.25. The van der Waals surface area contributed by atoms with E-state index in [9.17, 15) is 4.79 Å². The number of likely N-dealkylation sites (tertiary alicyclic amines) is 1. The fourth-order valence-corrected chi connectivity index (χ4v) is 3.38. The molecule has 0 saturated carbocycles. The second-order valence-electron chi connectivity index (χ2n) is 5.54. The van der Waals surface area contributed by atoms with Crippen LogP contribution in [0.25, 0.3) is 0 Å². The molecule has 23 heavy (non-hydrogen) atoms. The Morgan fingerprint density at radius 3 is 3.22 bits per heavy atom. The summed E-state index contributed by atoms with van der Waals surface area (Å²) >= 11 is 1.53. The van der Waals surface area contributed by atoms with Crippen molar-refractivity contribution in [1.29, 1.82) is 0 Å². The molecule has 1 fully saturated rings. The van der Waals surface area contributed by atoms with Crippen LogP contribution in [-0.4, -0.2) is 61.5 Å². The number of imidazole rings is 1. The van der Waals surface area contributed by atoms with Crippen LogP contribution in [0.4, 0.5) is 4.79 Å². The van der Waals surface area contributed by atoms with Crippen molar-refractivity contribution in [3.05, 3.63) is 24.0 Å². The first-order chi connectivity index (χ1) is 11.2. The molecule has 1 aliphatic heterocycles. The van der Waals surface area contributed by atoms with Crippen LogP contribution in [0.15, 0.2) is 17.6 Å². The van der Waals surface area contributed by atoms with Crippen molar-refractivity contribution in [3.63, 3.8) is 0 Å². The van der Waals surface area contributed by atoms with E-state index in [0.29, 0.717) is 24.2 Å². The summed E-state index contributed by atoms with van der Waals surface area (Å²) in [5.41, 5.74) is 0. The van der Waals surface area contributed by atoms with Gasteiger partial charge in [0.2, 0.25) is 5.16 Å². The molecule has 1 unspecified atom stereocenters. The summed E-state index contributed by atoms with van der Waals surface area (Å²) in [6.07, 6.45) is 5.66. The second-order valence-corrected chi connectivity index (χ2v) is 6.61. The predicted molar refractivity (Wildman–Crippen MR) is 87.4 cm³/mol. The average Bonchev–Trinajstić information content (AvgIpc) is 3.23. The van der Waals surface area contributed by atoms with Crippen molar-refractivity contribution in [1.82, 2.24) is 35.4 Å². The number of thioether (sulfide) groups is 1. The number of amides is 2. The average molecular weight is 335 g/mol. The minimum absolute atomic E-state index is 0.00646. The first-order valence-electron chi connectivity index (χ1n) is 7.76. The molecule has 1 saturated heterocycles. The van der Waals surface area contributed by atoms with Gasteiger partial charge < -0.3 is 15.2 Å². The van der Waals surface area contributed by atoms with Crippen molar-refractivity contribution >= 4 is 17.8 Å². The highest BCUT2D eigenvalue weighted by atomic mass is 32.2. The topological polar surface area (TPSA) is 103 Å². The Bertz CT molecular complexity index is 627. The zero-order chi connectivity index (χ0) is 16.1. The smallest absolute Gasteiger partial charge is 0.317 e. The number of aromatic nitrogens is 5. The molecule has 9 heteroatoms. The molecule has 0 aromatic carbocycles. The van der Waals surface area contributed by atoms with Gasteiger partial charge in [-0.15, -0.1) is 5.10 Å². The molecule has 2 amide bonds. The maximum atomic E-state index is 12.3. The van der Waals surface area contributed by atoms with E-state index in [1.54, 1.807) is 6.20 Å². The highest BCUT2D eigenvalue weighted by Crippen LogP contribution is 2.24. The van der Waals surface area contributed by atoms with Crippen LogP contribution >= 0.6 is 11.8 Å². The van der Waals surface area contributed by atoms with Gasteiger partial charge in [-0.2, -0.15) is 0 Å². The molecule has 0 radical (unpaired) electrons. The Hall–Kier alpha value is -2.03. The molecule has 3 rings (SSSR count). The molecule has 3 N–H and O–H groups in total. The van der Waals surface area contributed by atoms with E-state index in [2.05, 4.69) is 30.5 Å². The lowest BCUT2D eigenvalue weighted by molar-refractivity contribution is 0.179. The number of carbonyl (C=O) groups excluding carboxylic acids is 1. The van der Waals surface area contributed by atoms with Gasteiger partial charge in [-0.05, 0) is 19.8 Å². The number of urea groups is 1. The van der Waals surface area contributed by atoms with E-state index in [1.165, 1.54) is 11.8 Å². The third-order valence-corrected chi connectivity index (χ3v) is 4.65. The summed E-state index contributed by atoms with van der Waals surface area (Å²) in [5.74, 6) is 2.82. The van der Waals surface area contributed by atoms with Crippen LogP contribution in [0.2, 0.25) is 0 Å². The number of nitrogens with one attached hydrogen (secondary N) is 3. The molecule has 2 aromatic heterocycles. The zero-order valence-electron chi connectivity index (χ0n) is 13.1. The Morgan fingerprint density at radius 2 is 2.48 bits per heavy atom. The molecule has 8 nitrogen and oxygen atoms in total. The van der Waals surface area contributed by atoms with Gasteiger partial charge in [-0.1, -0.05) is 11.8 Å². The normalized spacial score (nSPS) is 18.1. The van der Waals surface area contributed by atoms with Gasteiger partial charge in [0.05, 0.1) is 0 Å². The van der Waals surface area contributed by atoms with Gasteiger partial charge in [0, 0.05) is 43.7 Å². The van der Waals surface area contributed by atoms with Crippen molar-refractivity contribution in [2.45, 2.75) is 30.8 Å². The van der Waals surface area contributed by atoms with Crippen LogP contribution in [0.3, 0.4) is 0 Å². The standard InChI is InChI=1S/C14H21N7OS/c1-10-18-13(20-19-10)23-8-6-17-14(22)21-7-2-3-11(9-21)12-15-4-5-16-12/h4-5,11H,2-3,6-9H2,1H3,(H,15,16)(H,17,22)(H,18,19,20). The summed E-state index contributed by atoms with van der Waals surface area (Å²) in [6, 6.07) is -0.00646. The van der Waals surface area contributed by atoms with Crippen LogP contribution < -0.4 is 5.32 Å². The van der Waals surface area contributed by atoms with Crippen LogP contribution in [-0.2, 0) is 0 Å². The van der Waals surface area contributed by atoms with Gasteiger partial charge in [0.1, 0.15) is 11.6 Å². The van der Waals surface area contributed by atoms with Crippen LogP contribution in [0, 0.1) is 6.92 Å². The SMILES string of the molecule is Cc1nc(SCCNC(=O)N2CCCC(c3ncc[nH]3)C2)n[nH]1. The summed E-state index contributed by atoms with van der Waals surface area (Å²) < 4.78 is 0. The number of piperidine rings is 1. The Kier molecular flexibility index (Phi) is 5.16. The fraction of sp³-hybridized carbons (Fsp3) is 0.571. The summed E-state index contributed by atoms with van der Waals surface area (Å²) in [4.78, 5) is 25.8. The lowest BCUT2D eigenvalue weighted by Gasteiger charge is -2.31. The number of carbonyl (C=O) groups is 1. The van der Waals surface area contributed by atoms with E-state index in [-0.39, 0.29) is 6.03 Å². The molecule has 124 valence electrons. The molecule has 0 aliphatic carbocycles. The van der Waals surface area contributed by atoms with E-state index in [1.807, 2.05) is 18.0 Å². The zero-order valence-corrected chi connectivity index (χ0v) is 13.9. The van der Waals surface area contributed by atoms with Gasteiger partial charge in [0.15, 0.2) is 0 Å². The molecule has 1 aliphatic rings. The lowest BCUT2D eigenvalue weighted by Crippen LogP contribution is -2.45. The first kappa shape index (κ1) is 15.9. The Morgan fingerprint density at radius 1 is 1.57 bits per heavy atom. The maximum Gasteiger partial charge on any atom is 0.317 e. The molecule has 0 spiro atoms. The van der Waals surface area contributed by atoms with Gasteiger partial charge in [0.25, 0.3) is 0 Å². The monoisotopic (exact) mass is 335 g/mol. The van der Waals surface area contributed by atoms with E-state index in [4.69, 9.17) is 0 Å². The quantitative estimate of drug-likeness (QED) is 0.568. The van der Waals surface area contributed by atoms with Gasteiger partial charge >= 0.3 is 6.03 Å². The molecule has 1 atom stereocenters. The second kappa shape index (κ2) is 7.49. The number of hydrogen-bond acceptors (Lipinski definition) is 5. The van der Waals surface area contributed by atoms with Crippen LogP contribution in [0.1, 0.15) is 30.4 Å². The van der Waals surface area contributed by atoms with Crippen molar-refractivity contribution in [2.75, 3.05) is 25.4 Å². The molecule has 3 heterocycles. The number of aryl methyl sites for hydroxylation is 1. The summed E-state index contributed by atoms with van der Waals surface area (Å²) in [6.45, 7) is 3.98. The van der Waals surface area contributed by atoms with Crippen LogP contribution in [0.5, 0.6) is 0 Å². The van der Waals surface area contributed by atoms with E-state index < -0.39 is 0 Å². The van der Waals surface area contributed by atoms with E-state index >= 15 is 0 Å². The summed E-state index contributed by atoms with van der Waals surface area (Å²) in [5, 5.41) is 10.5. The molecule has 0 bridgehead atoms. The van der Waals surface area contributed by atoms with Crippen molar-refractivity contribution in [3.8, 4) is 0 Å². The fourth-order valence-electron chi connectivity index (χ4n) is 2.68. The predicted octanol–water partition coefficient (Wildman–Crippen LogP) is 1.52. The molecule has 2 aromatic rings. The number of rotatable bonds is 5.